The lowest BCUT2D eigenvalue weighted by Gasteiger charge is -2.11. The third-order valence-electron chi connectivity index (χ3n) is 4.42. The molecule has 4 nitrogen and oxygen atoms in total. The molecule has 2 aliphatic rings. The number of fused-ring (bicyclic) bond motifs is 1. The van der Waals surface area contributed by atoms with Gasteiger partial charge in [-0.3, -0.25) is 4.79 Å². The van der Waals surface area contributed by atoms with E-state index in [1.165, 1.54) is 6.42 Å². The SMILES string of the molecule is O=C(c1cnnn1-c1ccccc1)C1CC2CC2C1. The topological polar surface area (TPSA) is 47.8 Å². The highest BCUT2D eigenvalue weighted by Gasteiger charge is 2.48. The fourth-order valence-corrected chi connectivity index (χ4v) is 3.30. The van der Waals surface area contributed by atoms with Crippen LogP contribution in [0, 0.1) is 17.8 Å². The number of para-hydroxylation sites is 1. The Morgan fingerprint density at radius 2 is 1.84 bits per heavy atom. The van der Waals surface area contributed by atoms with Crippen molar-refractivity contribution in [2.45, 2.75) is 19.3 Å². The second-order valence-electron chi connectivity index (χ2n) is 5.66. The summed E-state index contributed by atoms with van der Waals surface area (Å²) in [4.78, 5) is 12.6. The lowest BCUT2D eigenvalue weighted by Crippen LogP contribution is -2.17. The summed E-state index contributed by atoms with van der Waals surface area (Å²) in [6, 6.07) is 9.72. The maximum Gasteiger partial charge on any atom is 0.186 e. The van der Waals surface area contributed by atoms with E-state index in [0.29, 0.717) is 5.69 Å². The highest BCUT2D eigenvalue weighted by Crippen LogP contribution is 2.54. The first kappa shape index (κ1) is 10.9. The summed E-state index contributed by atoms with van der Waals surface area (Å²) in [5.41, 5.74) is 1.52. The summed E-state index contributed by atoms with van der Waals surface area (Å²) in [6.45, 7) is 0. The van der Waals surface area contributed by atoms with Gasteiger partial charge in [0.05, 0.1) is 11.9 Å². The van der Waals surface area contributed by atoms with Crippen molar-refractivity contribution < 1.29 is 4.79 Å². The lowest BCUT2D eigenvalue weighted by atomic mass is 9.96. The minimum absolute atomic E-state index is 0.185. The Hall–Kier alpha value is -1.97. The van der Waals surface area contributed by atoms with Crippen molar-refractivity contribution in [3.8, 4) is 5.69 Å². The van der Waals surface area contributed by atoms with Crippen molar-refractivity contribution in [2.75, 3.05) is 0 Å². The molecule has 0 saturated heterocycles. The Labute approximate surface area is 111 Å². The van der Waals surface area contributed by atoms with Crippen molar-refractivity contribution in [1.29, 1.82) is 0 Å². The number of benzene rings is 1. The molecule has 0 spiro atoms. The number of Topliss-reactive ketones (excluding diaryl/α,β-unsaturated/α-hetero) is 1. The van der Waals surface area contributed by atoms with Crippen LogP contribution in [0.15, 0.2) is 36.5 Å². The highest BCUT2D eigenvalue weighted by molar-refractivity contribution is 5.96. The normalized spacial score (nSPS) is 28.1. The van der Waals surface area contributed by atoms with Gasteiger partial charge in [-0.1, -0.05) is 23.4 Å². The van der Waals surface area contributed by atoms with E-state index in [9.17, 15) is 4.79 Å². The number of ketones is 1. The van der Waals surface area contributed by atoms with Gasteiger partial charge in [-0.2, -0.15) is 0 Å². The molecular formula is C15H15N3O. The van der Waals surface area contributed by atoms with Crippen molar-refractivity contribution in [1.82, 2.24) is 15.0 Å². The van der Waals surface area contributed by atoms with Gasteiger partial charge in [0.1, 0.15) is 5.69 Å². The van der Waals surface area contributed by atoms with Crippen molar-refractivity contribution >= 4 is 5.78 Å². The number of carbonyl (C=O) groups excluding carboxylic acids is 1. The van der Waals surface area contributed by atoms with Crippen LogP contribution in [0.3, 0.4) is 0 Å². The minimum Gasteiger partial charge on any atom is -0.292 e. The van der Waals surface area contributed by atoms with Crippen molar-refractivity contribution in [3.05, 3.63) is 42.2 Å². The zero-order valence-electron chi connectivity index (χ0n) is 10.6. The molecule has 96 valence electrons. The van der Waals surface area contributed by atoms with Crippen LogP contribution in [-0.4, -0.2) is 20.8 Å². The van der Waals surface area contributed by atoms with E-state index in [1.54, 1.807) is 10.9 Å². The molecule has 2 aliphatic carbocycles. The number of hydrogen-bond acceptors (Lipinski definition) is 3. The third kappa shape index (κ3) is 1.79. The largest absolute Gasteiger partial charge is 0.292 e. The summed E-state index contributed by atoms with van der Waals surface area (Å²) in [5, 5.41) is 7.97. The standard InChI is InChI=1S/C15H15N3O/c19-15(12-7-10-6-11(10)8-12)14-9-16-17-18(14)13-4-2-1-3-5-13/h1-5,9-12H,6-8H2. The average Bonchev–Trinajstić information content (AvgIpc) is 2.91. The van der Waals surface area contributed by atoms with Gasteiger partial charge in [-0.25, -0.2) is 4.68 Å². The Bertz CT molecular complexity index is 609. The average molecular weight is 253 g/mol. The van der Waals surface area contributed by atoms with Gasteiger partial charge in [0.2, 0.25) is 0 Å². The van der Waals surface area contributed by atoms with Crippen LogP contribution in [0.4, 0.5) is 0 Å². The van der Waals surface area contributed by atoms with E-state index in [-0.39, 0.29) is 11.7 Å². The maximum atomic E-state index is 12.6. The van der Waals surface area contributed by atoms with E-state index in [1.807, 2.05) is 30.3 Å². The Morgan fingerprint density at radius 3 is 2.58 bits per heavy atom. The maximum absolute atomic E-state index is 12.6. The predicted octanol–water partition coefficient (Wildman–Crippen LogP) is 2.50. The summed E-state index contributed by atoms with van der Waals surface area (Å²) in [6.07, 6.45) is 5.05. The van der Waals surface area contributed by atoms with E-state index < -0.39 is 0 Å². The zero-order chi connectivity index (χ0) is 12.8. The Morgan fingerprint density at radius 1 is 1.11 bits per heavy atom. The third-order valence-corrected chi connectivity index (χ3v) is 4.42. The molecule has 0 bridgehead atoms. The number of hydrogen-bond donors (Lipinski definition) is 0. The second kappa shape index (κ2) is 4.02. The molecule has 0 N–H and O–H groups in total. The summed E-state index contributed by atoms with van der Waals surface area (Å²) in [5.74, 6) is 2.02. The van der Waals surface area contributed by atoms with Crippen LogP contribution in [0.1, 0.15) is 29.8 Å². The van der Waals surface area contributed by atoms with Gasteiger partial charge in [-0.15, -0.1) is 5.10 Å². The molecule has 2 atom stereocenters. The van der Waals surface area contributed by atoms with Gasteiger partial charge in [0, 0.05) is 5.92 Å². The van der Waals surface area contributed by atoms with Crippen LogP contribution in [0.2, 0.25) is 0 Å². The number of aromatic nitrogens is 3. The lowest BCUT2D eigenvalue weighted by molar-refractivity contribution is 0.0906. The molecule has 4 rings (SSSR count). The van der Waals surface area contributed by atoms with E-state index in [4.69, 9.17) is 0 Å². The molecule has 0 aliphatic heterocycles. The van der Waals surface area contributed by atoms with Crippen LogP contribution in [0.5, 0.6) is 0 Å². The van der Waals surface area contributed by atoms with Gasteiger partial charge >= 0.3 is 0 Å². The monoisotopic (exact) mass is 253 g/mol. The number of carbonyl (C=O) groups is 1. The summed E-state index contributed by atoms with van der Waals surface area (Å²) < 4.78 is 1.66. The first-order chi connectivity index (χ1) is 9.33. The number of rotatable bonds is 3. The van der Waals surface area contributed by atoms with Crippen LogP contribution in [0.25, 0.3) is 5.69 Å². The first-order valence-corrected chi connectivity index (χ1v) is 6.83. The molecule has 4 heteroatoms. The molecule has 2 saturated carbocycles. The first-order valence-electron chi connectivity index (χ1n) is 6.83. The van der Waals surface area contributed by atoms with Gasteiger partial charge in [-0.05, 0) is 43.2 Å². The van der Waals surface area contributed by atoms with Crippen molar-refractivity contribution in [3.63, 3.8) is 0 Å². The summed E-state index contributed by atoms with van der Waals surface area (Å²) >= 11 is 0. The number of nitrogens with zero attached hydrogens (tertiary/aromatic N) is 3. The van der Waals surface area contributed by atoms with Gasteiger partial charge in [0.25, 0.3) is 0 Å². The highest BCUT2D eigenvalue weighted by atomic mass is 16.1. The molecule has 2 unspecified atom stereocenters. The molecule has 19 heavy (non-hydrogen) atoms. The molecule has 0 amide bonds. The molecule has 2 aromatic rings. The molecule has 1 heterocycles. The predicted molar refractivity (Wildman–Crippen MR) is 70.0 cm³/mol. The quantitative estimate of drug-likeness (QED) is 0.790. The van der Waals surface area contributed by atoms with Crippen LogP contribution >= 0.6 is 0 Å². The van der Waals surface area contributed by atoms with Crippen LogP contribution in [-0.2, 0) is 0 Å². The Kier molecular flexibility index (Phi) is 2.31. The van der Waals surface area contributed by atoms with Crippen molar-refractivity contribution in [2.24, 2.45) is 17.8 Å². The van der Waals surface area contributed by atoms with E-state index in [2.05, 4.69) is 10.3 Å². The smallest absolute Gasteiger partial charge is 0.186 e. The molecule has 0 radical (unpaired) electrons. The van der Waals surface area contributed by atoms with Crippen LogP contribution < -0.4 is 0 Å². The minimum atomic E-state index is 0.185. The molecule has 1 aromatic heterocycles. The van der Waals surface area contributed by atoms with E-state index >= 15 is 0 Å². The molecular weight excluding hydrogens is 238 g/mol. The molecule has 2 fully saturated rings. The Balaban J connectivity index is 1.65. The fraction of sp³-hybridized carbons (Fsp3) is 0.400. The fourth-order valence-electron chi connectivity index (χ4n) is 3.30. The van der Waals surface area contributed by atoms with E-state index in [0.717, 1.165) is 30.4 Å². The molecule has 1 aromatic carbocycles. The second-order valence-corrected chi connectivity index (χ2v) is 5.66. The van der Waals surface area contributed by atoms with Gasteiger partial charge < -0.3 is 0 Å². The summed E-state index contributed by atoms with van der Waals surface area (Å²) in [7, 11) is 0. The van der Waals surface area contributed by atoms with Gasteiger partial charge in [0.15, 0.2) is 5.78 Å². The zero-order valence-corrected chi connectivity index (χ0v) is 10.6.